The summed E-state index contributed by atoms with van der Waals surface area (Å²) in [6.45, 7) is 2.03. The molecule has 0 amide bonds. The van der Waals surface area contributed by atoms with E-state index in [9.17, 15) is 4.79 Å². The summed E-state index contributed by atoms with van der Waals surface area (Å²) in [5, 5.41) is 1.07. The van der Waals surface area contributed by atoms with Crippen LogP contribution in [0.2, 0.25) is 0 Å². The minimum absolute atomic E-state index is 0.277. The number of methoxy groups -OCH3 is 1. The van der Waals surface area contributed by atoms with E-state index < -0.39 is 0 Å². The molecule has 0 saturated carbocycles. The summed E-state index contributed by atoms with van der Waals surface area (Å²) in [6.07, 6.45) is 0. The Labute approximate surface area is 100.0 Å². The maximum atomic E-state index is 11.4. The molecule has 0 fully saturated rings. The Balaban J connectivity index is 2.66. The highest BCUT2D eigenvalue weighted by atomic mass is 79.9. The second-order valence-electron chi connectivity index (χ2n) is 3.21. The van der Waals surface area contributed by atoms with Gasteiger partial charge in [-0.1, -0.05) is 6.07 Å². The molecule has 0 saturated heterocycles. The van der Waals surface area contributed by atoms with Crippen LogP contribution in [-0.2, 0) is 4.74 Å². The van der Waals surface area contributed by atoms with Crippen LogP contribution in [0, 0.1) is 6.92 Å². The summed E-state index contributed by atoms with van der Waals surface area (Å²) < 4.78 is 6.83. The molecule has 4 heteroatoms. The molecule has 0 N–H and O–H groups in total. The van der Waals surface area contributed by atoms with Crippen LogP contribution in [-0.4, -0.2) is 13.1 Å². The molecule has 0 radical (unpaired) electrons. The average Bonchev–Trinajstić information content (AvgIpc) is 2.67. The number of benzene rings is 1. The van der Waals surface area contributed by atoms with Gasteiger partial charge in [0.1, 0.15) is 4.88 Å². The number of ether oxygens (including phenoxy) is 1. The van der Waals surface area contributed by atoms with Crippen molar-refractivity contribution in [2.24, 2.45) is 0 Å². The molecule has 0 atom stereocenters. The molecule has 0 bridgehead atoms. The molecule has 1 aromatic carbocycles. The van der Waals surface area contributed by atoms with Crippen LogP contribution in [0.3, 0.4) is 0 Å². The van der Waals surface area contributed by atoms with Gasteiger partial charge in [-0.15, -0.1) is 11.3 Å². The predicted molar refractivity (Wildman–Crippen MR) is 65.6 cm³/mol. The van der Waals surface area contributed by atoms with Gasteiger partial charge in [0, 0.05) is 14.6 Å². The van der Waals surface area contributed by atoms with E-state index in [1.54, 1.807) is 0 Å². The van der Waals surface area contributed by atoms with E-state index in [1.165, 1.54) is 18.4 Å². The first-order valence-electron chi connectivity index (χ1n) is 4.40. The van der Waals surface area contributed by atoms with Crippen molar-refractivity contribution >= 4 is 43.3 Å². The topological polar surface area (TPSA) is 26.3 Å². The molecule has 2 rings (SSSR count). The first-order valence-corrected chi connectivity index (χ1v) is 6.01. The lowest BCUT2D eigenvalue weighted by Crippen LogP contribution is -1.96. The lowest BCUT2D eigenvalue weighted by molar-refractivity contribution is 0.0606. The minimum Gasteiger partial charge on any atom is -0.465 e. The number of rotatable bonds is 1. The van der Waals surface area contributed by atoms with Gasteiger partial charge in [-0.3, -0.25) is 0 Å². The van der Waals surface area contributed by atoms with E-state index in [-0.39, 0.29) is 5.97 Å². The second kappa shape index (κ2) is 3.94. The van der Waals surface area contributed by atoms with Crippen molar-refractivity contribution < 1.29 is 9.53 Å². The number of thiophene rings is 1. The zero-order valence-electron chi connectivity index (χ0n) is 8.33. The van der Waals surface area contributed by atoms with Crippen LogP contribution in [0.15, 0.2) is 22.7 Å². The summed E-state index contributed by atoms with van der Waals surface area (Å²) >= 11 is 4.97. The maximum Gasteiger partial charge on any atom is 0.348 e. The Morgan fingerprint density at radius 3 is 2.87 bits per heavy atom. The Bertz CT molecular complexity index is 531. The summed E-state index contributed by atoms with van der Waals surface area (Å²) in [5.74, 6) is -0.277. The minimum atomic E-state index is -0.277. The quantitative estimate of drug-likeness (QED) is 0.746. The Kier molecular flexibility index (Phi) is 2.80. The van der Waals surface area contributed by atoms with E-state index in [4.69, 9.17) is 4.74 Å². The molecule has 2 nitrogen and oxygen atoms in total. The second-order valence-corrected chi connectivity index (χ2v) is 5.09. The molecule has 0 aliphatic rings. The molecule has 0 aliphatic carbocycles. The van der Waals surface area contributed by atoms with Gasteiger partial charge in [-0.05, 0) is 40.5 Å². The third kappa shape index (κ3) is 1.79. The van der Waals surface area contributed by atoms with Gasteiger partial charge in [0.15, 0.2) is 0 Å². The molecular formula is C11H9BrO2S. The largest absolute Gasteiger partial charge is 0.465 e. The molecule has 0 aliphatic heterocycles. The lowest BCUT2D eigenvalue weighted by atomic mass is 10.2. The highest BCUT2D eigenvalue weighted by Crippen LogP contribution is 2.33. The Morgan fingerprint density at radius 2 is 2.20 bits per heavy atom. The monoisotopic (exact) mass is 284 g/mol. The summed E-state index contributed by atoms with van der Waals surface area (Å²) in [4.78, 5) is 12.0. The van der Waals surface area contributed by atoms with Gasteiger partial charge in [0.25, 0.3) is 0 Å². The molecule has 0 spiro atoms. The smallest absolute Gasteiger partial charge is 0.348 e. The zero-order valence-corrected chi connectivity index (χ0v) is 10.7. The highest BCUT2D eigenvalue weighted by molar-refractivity contribution is 9.10. The summed E-state index contributed by atoms with van der Waals surface area (Å²) in [6, 6.07) is 5.92. The molecule has 1 heterocycles. The van der Waals surface area contributed by atoms with Gasteiger partial charge < -0.3 is 4.74 Å². The van der Waals surface area contributed by atoms with E-state index in [1.807, 2.05) is 25.1 Å². The van der Waals surface area contributed by atoms with E-state index in [0.717, 1.165) is 20.1 Å². The number of hydrogen-bond acceptors (Lipinski definition) is 3. The van der Waals surface area contributed by atoms with Crippen molar-refractivity contribution in [1.82, 2.24) is 0 Å². The number of aryl methyl sites for hydroxylation is 1. The fourth-order valence-electron chi connectivity index (χ4n) is 1.39. The Morgan fingerprint density at radius 1 is 1.47 bits per heavy atom. The fraction of sp³-hybridized carbons (Fsp3) is 0.182. The van der Waals surface area contributed by atoms with Crippen LogP contribution >= 0.6 is 27.3 Å². The third-order valence-electron chi connectivity index (χ3n) is 2.21. The van der Waals surface area contributed by atoms with Gasteiger partial charge in [0.05, 0.1) is 7.11 Å². The van der Waals surface area contributed by atoms with E-state index in [0.29, 0.717) is 4.88 Å². The maximum absolute atomic E-state index is 11.4. The number of carbonyl (C=O) groups excluding carboxylic acids is 1. The van der Waals surface area contributed by atoms with Crippen LogP contribution in [0.25, 0.3) is 10.1 Å². The first kappa shape index (κ1) is 10.6. The van der Waals surface area contributed by atoms with Gasteiger partial charge >= 0.3 is 5.97 Å². The standard InChI is InChI=1S/C11H9BrO2S/c1-6-3-4-8-7(10(6)12)5-9(15-8)11(13)14-2/h3-5H,1-2H3. The fourth-order valence-corrected chi connectivity index (χ4v) is 2.97. The van der Waals surface area contributed by atoms with E-state index >= 15 is 0 Å². The summed E-state index contributed by atoms with van der Waals surface area (Å²) in [5.41, 5.74) is 1.16. The Hall–Kier alpha value is -0.870. The van der Waals surface area contributed by atoms with Crippen molar-refractivity contribution in [3.63, 3.8) is 0 Å². The zero-order chi connectivity index (χ0) is 11.0. The number of halogens is 1. The predicted octanol–water partition coefficient (Wildman–Crippen LogP) is 3.76. The first-order chi connectivity index (χ1) is 7.13. The van der Waals surface area contributed by atoms with Crippen LogP contribution in [0.5, 0.6) is 0 Å². The lowest BCUT2D eigenvalue weighted by Gasteiger charge is -1.97. The number of hydrogen-bond donors (Lipinski definition) is 0. The number of fused-ring (bicyclic) bond motifs is 1. The van der Waals surface area contributed by atoms with E-state index in [2.05, 4.69) is 15.9 Å². The molecule has 15 heavy (non-hydrogen) atoms. The number of carbonyl (C=O) groups is 1. The van der Waals surface area contributed by atoms with Crippen molar-refractivity contribution in [3.05, 3.63) is 33.1 Å². The molecule has 1 aromatic heterocycles. The van der Waals surface area contributed by atoms with Crippen molar-refractivity contribution in [3.8, 4) is 0 Å². The SMILES string of the molecule is COC(=O)c1cc2c(Br)c(C)ccc2s1. The molecule has 0 unspecified atom stereocenters. The van der Waals surface area contributed by atoms with Gasteiger partial charge in [-0.25, -0.2) is 4.79 Å². The van der Waals surface area contributed by atoms with Crippen molar-refractivity contribution in [2.75, 3.05) is 7.11 Å². The normalized spacial score (nSPS) is 10.6. The third-order valence-corrected chi connectivity index (χ3v) is 4.35. The van der Waals surface area contributed by atoms with Crippen molar-refractivity contribution in [2.45, 2.75) is 6.92 Å². The number of esters is 1. The summed E-state index contributed by atoms with van der Waals surface area (Å²) in [7, 11) is 1.40. The molecular weight excluding hydrogens is 276 g/mol. The van der Waals surface area contributed by atoms with Crippen LogP contribution in [0.4, 0.5) is 0 Å². The highest BCUT2D eigenvalue weighted by Gasteiger charge is 2.12. The molecule has 2 aromatic rings. The average molecular weight is 285 g/mol. The van der Waals surface area contributed by atoms with Gasteiger partial charge in [-0.2, -0.15) is 0 Å². The van der Waals surface area contributed by atoms with Gasteiger partial charge in [0.2, 0.25) is 0 Å². The molecule has 78 valence electrons. The van der Waals surface area contributed by atoms with Crippen molar-refractivity contribution in [1.29, 1.82) is 0 Å². The van der Waals surface area contributed by atoms with Crippen LogP contribution in [0.1, 0.15) is 15.2 Å². The van der Waals surface area contributed by atoms with Crippen LogP contribution < -0.4 is 0 Å².